The van der Waals surface area contributed by atoms with Crippen molar-refractivity contribution < 1.29 is 38.8 Å². The van der Waals surface area contributed by atoms with E-state index < -0.39 is 23.8 Å². The van der Waals surface area contributed by atoms with Gasteiger partial charge < -0.3 is 34.0 Å². The van der Waals surface area contributed by atoms with Crippen molar-refractivity contribution in [1.82, 2.24) is 4.90 Å². The average molecular weight is 829 g/mol. The molecule has 3 aromatic carbocycles. The molecular weight excluding hydrogens is 768 g/mol. The van der Waals surface area contributed by atoms with Gasteiger partial charge in [0.1, 0.15) is 36.5 Å². The fourth-order valence-corrected chi connectivity index (χ4v) is 9.29. The van der Waals surface area contributed by atoms with Crippen LogP contribution in [0.1, 0.15) is 86.5 Å². The summed E-state index contributed by atoms with van der Waals surface area (Å²) in [5, 5.41) is 24.8. The van der Waals surface area contributed by atoms with Gasteiger partial charge in [0.05, 0.1) is 24.1 Å². The number of alkyl halides is 1. The summed E-state index contributed by atoms with van der Waals surface area (Å²) in [6.07, 6.45) is 9.18. The molecule has 59 heavy (non-hydrogen) atoms. The molecule has 3 aliphatic rings. The molecule has 0 radical (unpaired) electrons. The Hall–Kier alpha value is -4.35. The van der Waals surface area contributed by atoms with E-state index in [1.165, 1.54) is 5.56 Å². The number of ether oxygens (including phenoxy) is 4. The van der Waals surface area contributed by atoms with E-state index in [9.17, 15) is 15.0 Å². The molecule has 2 aliphatic carbocycles. The number of oxime groups is 1. The second kappa shape index (κ2) is 21.3. The van der Waals surface area contributed by atoms with Crippen LogP contribution in [0.5, 0.6) is 17.2 Å². The van der Waals surface area contributed by atoms with Crippen LogP contribution in [0, 0.1) is 31.6 Å². The third-order valence-electron chi connectivity index (χ3n) is 12.0. The molecule has 6 unspecified atom stereocenters. The minimum absolute atomic E-state index is 0.0571. The number of halogens is 1. The molecule has 11 heteroatoms. The molecule has 3 aromatic rings. The van der Waals surface area contributed by atoms with E-state index in [2.05, 4.69) is 38.6 Å². The fourth-order valence-electron chi connectivity index (χ4n) is 9.21. The SMILES string of the molecule is C=CCOC12Oc3ccc(Oc4ccc(C)c(C)c4)cc3C3C(CCCCO)C(CCCCO)C=C(C(=NOCc4ccccc4)CC1N(CCC)C(=O)OCCCl)C32. The van der Waals surface area contributed by atoms with E-state index in [1.807, 2.05) is 61.5 Å². The van der Waals surface area contributed by atoms with Crippen LogP contribution in [0.2, 0.25) is 0 Å². The monoisotopic (exact) mass is 828 g/mol. The summed E-state index contributed by atoms with van der Waals surface area (Å²) in [6.45, 7) is 11.3. The molecule has 1 saturated carbocycles. The summed E-state index contributed by atoms with van der Waals surface area (Å²) in [5.41, 5.74) is 5.98. The first kappa shape index (κ1) is 44.2. The quantitative estimate of drug-likeness (QED) is 0.0472. The third-order valence-corrected chi connectivity index (χ3v) is 12.1. The average Bonchev–Trinajstić information content (AvgIpc) is 3.24. The van der Waals surface area contributed by atoms with Gasteiger partial charge >= 0.3 is 6.09 Å². The standard InChI is InChI=1S/C48H61ClN2O8/c1-5-23-51(47(54)55-27-22-49)44-31-42(50-57-32-35-14-8-7-9-15-35)40-29-36(16-10-12-24-52)39(17-11-13-25-53)45-41-30-38(58-37-19-18-33(3)34(4)28-37)20-21-43(41)59-48(44,46(40)45)56-26-6-2/h6-9,14-15,18-21,28-30,36,39,44-46,52-53H,2,5,10-13,16-17,22-27,31-32H2,1,3-4H3. The Morgan fingerprint density at radius 3 is 2.46 bits per heavy atom. The van der Waals surface area contributed by atoms with Crippen molar-refractivity contribution in [2.75, 3.05) is 38.9 Å². The van der Waals surface area contributed by atoms with Gasteiger partial charge in [-0.2, -0.15) is 0 Å². The number of hydrogen-bond donors (Lipinski definition) is 2. The lowest BCUT2D eigenvalue weighted by Gasteiger charge is -2.59. The molecule has 6 atom stereocenters. The highest BCUT2D eigenvalue weighted by molar-refractivity contribution is 6.18. The third kappa shape index (κ3) is 10.2. The van der Waals surface area contributed by atoms with Gasteiger partial charge in [-0.05, 0) is 110 Å². The van der Waals surface area contributed by atoms with Crippen LogP contribution >= 0.6 is 11.6 Å². The lowest BCUT2D eigenvalue weighted by Crippen LogP contribution is -2.70. The fraction of sp³-hybridized carbons (Fsp3) is 0.500. The number of carbonyl (C=O) groups is 1. The Morgan fingerprint density at radius 1 is 1.00 bits per heavy atom. The Balaban J connectivity index is 1.57. The van der Waals surface area contributed by atoms with Crippen molar-refractivity contribution in [3.05, 3.63) is 113 Å². The largest absolute Gasteiger partial charge is 0.459 e. The van der Waals surface area contributed by atoms with Gasteiger partial charge in [0.15, 0.2) is 0 Å². The zero-order valence-corrected chi connectivity index (χ0v) is 35.6. The maximum atomic E-state index is 14.1. The zero-order valence-electron chi connectivity index (χ0n) is 34.8. The number of rotatable bonds is 21. The van der Waals surface area contributed by atoms with E-state index in [4.69, 9.17) is 40.5 Å². The number of fused-ring (bicyclic) bond motifs is 2. The van der Waals surface area contributed by atoms with Gasteiger partial charge in [-0.15, -0.1) is 18.2 Å². The number of unbranched alkanes of at least 4 members (excludes halogenated alkanes) is 2. The summed E-state index contributed by atoms with van der Waals surface area (Å²) in [4.78, 5) is 22.1. The molecule has 2 N–H and O–H groups in total. The first-order chi connectivity index (χ1) is 28.8. The van der Waals surface area contributed by atoms with Gasteiger partial charge in [0.25, 0.3) is 0 Å². The number of benzene rings is 3. The molecule has 6 rings (SSSR count). The van der Waals surface area contributed by atoms with Crippen LogP contribution in [-0.4, -0.2) is 77.6 Å². The van der Waals surface area contributed by atoms with Crippen molar-refractivity contribution in [3.63, 3.8) is 0 Å². The lowest BCUT2D eigenvalue weighted by atomic mass is 9.55. The molecule has 10 nitrogen and oxygen atoms in total. The van der Waals surface area contributed by atoms with E-state index in [1.54, 1.807) is 11.0 Å². The van der Waals surface area contributed by atoms with Crippen molar-refractivity contribution in [2.45, 2.75) is 96.5 Å². The van der Waals surface area contributed by atoms with Crippen LogP contribution in [0.25, 0.3) is 0 Å². The van der Waals surface area contributed by atoms with Crippen LogP contribution in [-0.2, 0) is 20.9 Å². The highest BCUT2D eigenvalue weighted by Crippen LogP contribution is 2.62. The highest BCUT2D eigenvalue weighted by Gasteiger charge is 2.65. The van der Waals surface area contributed by atoms with Crippen molar-refractivity contribution in [1.29, 1.82) is 0 Å². The highest BCUT2D eigenvalue weighted by atomic mass is 35.5. The van der Waals surface area contributed by atoms with Crippen molar-refractivity contribution in [3.8, 4) is 17.2 Å². The molecule has 318 valence electrons. The predicted molar refractivity (Wildman–Crippen MR) is 231 cm³/mol. The number of allylic oxidation sites excluding steroid dienone is 1. The first-order valence-corrected chi connectivity index (χ1v) is 21.8. The van der Waals surface area contributed by atoms with Gasteiger partial charge in [-0.25, -0.2) is 4.79 Å². The van der Waals surface area contributed by atoms with Crippen LogP contribution in [0.4, 0.5) is 4.79 Å². The molecule has 0 bridgehead atoms. The second-order valence-corrected chi connectivity index (χ2v) is 16.3. The number of amides is 1. The molecule has 1 heterocycles. The van der Waals surface area contributed by atoms with Gasteiger partial charge in [0, 0.05) is 37.7 Å². The second-order valence-electron chi connectivity index (χ2n) is 15.9. The number of aliphatic hydroxyl groups is 2. The van der Waals surface area contributed by atoms with Crippen LogP contribution < -0.4 is 9.47 Å². The number of carbonyl (C=O) groups excluding carboxylic acids is 1. The molecule has 0 spiro atoms. The van der Waals surface area contributed by atoms with Crippen LogP contribution in [0.3, 0.4) is 0 Å². The number of hydrogen-bond acceptors (Lipinski definition) is 9. The summed E-state index contributed by atoms with van der Waals surface area (Å²) < 4.78 is 26.7. The number of nitrogens with zero attached hydrogens (tertiary/aromatic N) is 2. The first-order valence-electron chi connectivity index (χ1n) is 21.3. The topological polar surface area (TPSA) is 119 Å². The minimum Gasteiger partial charge on any atom is -0.459 e. The molecular formula is C48H61ClN2O8. The predicted octanol–water partition coefficient (Wildman–Crippen LogP) is 10.0. The zero-order chi connectivity index (χ0) is 41.8. The van der Waals surface area contributed by atoms with Gasteiger partial charge in [-0.3, -0.25) is 4.90 Å². The smallest absolute Gasteiger partial charge is 0.410 e. The Labute approximate surface area is 354 Å². The van der Waals surface area contributed by atoms with Crippen molar-refractivity contribution >= 4 is 23.4 Å². The number of aryl methyl sites for hydroxylation is 2. The Kier molecular flexibility index (Phi) is 15.9. The lowest BCUT2D eigenvalue weighted by molar-refractivity contribution is -0.255. The summed E-state index contributed by atoms with van der Waals surface area (Å²) >= 11 is 6.04. The number of aliphatic hydroxyl groups excluding tert-OH is 2. The van der Waals surface area contributed by atoms with Gasteiger partial charge in [0.2, 0.25) is 5.79 Å². The minimum atomic E-state index is -1.38. The van der Waals surface area contributed by atoms with E-state index in [-0.39, 0.29) is 63.1 Å². The molecule has 0 aromatic heterocycles. The van der Waals surface area contributed by atoms with Crippen molar-refractivity contribution in [2.24, 2.45) is 22.9 Å². The molecule has 1 aliphatic heterocycles. The normalized spacial score (nSPS) is 23.7. The summed E-state index contributed by atoms with van der Waals surface area (Å²) in [5.74, 6) is 0.402. The molecule has 0 saturated heterocycles. The summed E-state index contributed by atoms with van der Waals surface area (Å²) in [7, 11) is 0. The van der Waals surface area contributed by atoms with Gasteiger partial charge in [-0.1, -0.05) is 73.5 Å². The Morgan fingerprint density at radius 2 is 1.75 bits per heavy atom. The van der Waals surface area contributed by atoms with Crippen LogP contribution in [0.15, 0.2) is 96.2 Å². The maximum Gasteiger partial charge on any atom is 0.410 e. The Bertz CT molecular complexity index is 1920. The molecule has 1 amide bonds. The van der Waals surface area contributed by atoms with E-state index in [0.29, 0.717) is 37.3 Å². The van der Waals surface area contributed by atoms with E-state index >= 15 is 0 Å². The summed E-state index contributed by atoms with van der Waals surface area (Å²) in [6, 6.07) is 21.3. The maximum absolute atomic E-state index is 14.1. The van der Waals surface area contributed by atoms with E-state index in [0.717, 1.165) is 59.4 Å². The molecule has 1 fully saturated rings.